The maximum atomic E-state index is 12.7. The van der Waals surface area contributed by atoms with Crippen molar-refractivity contribution >= 4 is 17.3 Å². The fourth-order valence-electron chi connectivity index (χ4n) is 2.65. The van der Waals surface area contributed by atoms with Crippen LogP contribution in [0.5, 0.6) is 0 Å². The average Bonchev–Trinajstić information content (AvgIpc) is 2.44. The lowest BCUT2D eigenvalue weighted by Crippen LogP contribution is -2.25. The fraction of sp³-hybridized carbons (Fsp3) is 0.125. The van der Waals surface area contributed by atoms with Gasteiger partial charge in [-0.1, -0.05) is 30.3 Å². The van der Waals surface area contributed by atoms with Crippen LogP contribution in [0.3, 0.4) is 0 Å². The molecule has 0 bridgehead atoms. The molecule has 0 radical (unpaired) electrons. The van der Waals surface area contributed by atoms with E-state index < -0.39 is 0 Å². The summed E-state index contributed by atoms with van der Waals surface area (Å²) >= 11 is 0. The van der Waals surface area contributed by atoms with Crippen molar-refractivity contribution in [3.05, 3.63) is 64.2 Å². The molecule has 4 heteroatoms. The van der Waals surface area contributed by atoms with Crippen molar-refractivity contribution in [3.63, 3.8) is 0 Å². The summed E-state index contributed by atoms with van der Waals surface area (Å²) in [5.74, 6) is -0.398. The minimum atomic E-state index is -0.341. The average molecular weight is 266 g/mol. The van der Waals surface area contributed by atoms with Crippen LogP contribution < -0.4 is 11.5 Å². The number of nitrogen functional groups attached to an aromatic ring is 1. The van der Waals surface area contributed by atoms with Crippen LogP contribution in [-0.2, 0) is 0 Å². The standard InChI is InChI=1S/C16H14N2O2/c1-8(17)9-6-7-12(18)14-13(9)15(19)10-4-2-3-5-11(10)16(14)20/h2-8H,17-18H2,1H3. The minimum Gasteiger partial charge on any atom is -0.398 e. The van der Waals surface area contributed by atoms with Crippen LogP contribution in [0.1, 0.15) is 50.4 Å². The molecule has 100 valence electrons. The number of carbonyl (C=O) groups is 2. The van der Waals surface area contributed by atoms with Gasteiger partial charge in [-0.3, -0.25) is 9.59 Å². The third-order valence-electron chi connectivity index (χ3n) is 3.63. The number of fused-ring (bicyclic) bond motifs is 2. The van der Waals surface area contributed by atoms with Crippen molar-refractivity contribution in [1.29, 1.82) is 0 Å². The Kier molecular flexibility index (Phi) is 2.69. The van der Waals surface area contributed by atoms with Gasteiger partial charge in [-0.15, -0.1) is 0 Å². The Morgan fingerprint density at radius 1 is 0.900 bits per heavy atom. The van der Waals surface area contributed by atoms with Gasteiger partial charge < -0.3 is 11.5 Å². The van der Waals surface area contributed by atoms with Gasteiger partial charge in [0.1, 0.15) is 0 Å². The quantitative estimate of drug-likeness (QED) is 0.660. The number of rotatable bonds is 1. The minimum absolute atomic E-state index is 0.185. The Morgan fingerprint density at radius 3 is 2.00 bits per heavy atom. The van der Waals surface area contributed by atoms with Crippen molar-refractivity contribution in [2.45, 2.75) is 13.0 Å². The molecule has 3 rings (SSSR count). The SMILES string of the molecule is CC(N)c1ccc(N)c2c1C(=O)c1ccccc1C2=O. The van der Waals surface area contributed by atoms with E-state index >= 15 is 0 Å². The fourth-order valence-corrected chi connectivity index (χ4v) is 2.65. The van der Waals surface area contributed by atoms with Crippen LogP contribution in [0.25, 0.3) is 0 Å². The Bertz CT molecular complexity index is 748. The molecule has 0 aromatic heterocycles. The zero-order chi connectivity index (χ0) is 14.4. The molecule has 0 heterocycles. The first-order valence-corrected chi connectivity index (χ1v) is 6.38. The van der Waals surface area contributed by atoms with Gasteiger partial charge in [-0.2, -0.15) is 0 Å². The Morgan fingerprint density at radius 2 is 1.45 bits per heavy atom. The van der Waals surface area contributed by atoms with Crippen molar-refractivity contribution in [1.82, 2.24) is 0 Å². The van der Waals surface area contributed by atoms with Crippen LogP contribution in [0.2, 0.25) is 0 Å². The third-order valence-corrected chi connectivity index (χ3v) is 3.63. The number of hydrogen-bond acceptors (Lipinski definition) is 4. The van der Waals surface area contributed by atoms with E-state index in [1.807, 2.05) is 0 Å². The van der Waals surface area contributed by atoms with E-state index in [9.17, 15) is 9.59 Å². The van der Waals surface area contributed by atoms with Crippen molar-refractivity contribution in [2.75, 3.05) is 5.73 Å². The summed E-state index contributed by atoms with van der Waals surface area (Å²) in [6.07, 6.45) is 0. The van der Waals surface area contributed by atoms with E-state index in [0.717, 1.165) is 0 Å². The lowest BCUT2D eigenvalue weighted by molar-refractivity contribution is 0.0978. The number of ketones is 2. The number of anilines is 1. The monoisotopic (exact) mass is 266 g/mol. The van der Waals surface area contributed by atoms with Crippen LogP contribution in [0.15, 0.2) is 36.4 Å². The number of carbonyl (C=O) groups excluding carboxylic acids is 2. The molecular formula is C16H14N2O2. The molecule has 2 aromatic rings. The van der Waals surface area contributed by atoms with E-state index in [1.165, 1.54) is 0 Å². The molecule has 4 N–H and O–H groups in total. The summed E-state index contributed by atoms with van der Waals surface area (Å²) in [7, 11) is 0. The van der Waals surface area contributed by atoms with E-state index in [4.69, 9.17) is 11.5 Å². The van der Waals surface area contributed by atoms with Crippen molar-refractivity contribution in [2.24, 2.45) is 5.73 Å². The normalized spacial score (nSPS) is 14.7. The van der Waals surface area contributed by atoms with Crippen LogP contribution in [-0.4, -0.2) is 11.6 Å². The van der Waals surface area contributed by atoms with Crippen LogP contribution >= 0.6 is 0 Å². The summed E-state index contributed by atoms with van der Waals surface area (Å²) in [6.45, 7) is 1.78. The van der Waals surface area contributed by atoms with Gasteiger partial charge >= 0.3 is 0 Å². The first kappa shape index (κ1) is 12.6. The van der Waals surface area contributed by atoms with Gasteiger partial charge in [0.2, 0.25) is 0 Å². The van der Waals surface area contributed by atoms with Gasteiger partial charge in [0, 0.05) is 28.4 Å². The highest BCUT2D eigenvalue weighted by molar-refractivity contribution is 6.30. The summed E-state index contributed by atoms with van der Waals surface area (Å²) in [5.41, 5.74) is 14.2. The smallest absolute Gasteiger partial charge is 0.196 e. The summed E-state index contributed by atoms with van der Waals surface area (Å²) in [4.78, 5) is 25.2. The number of hydrogen-bond donors (Lipinski definition) is 2. The molecule has 0 saturated heterocycles. The van der Waals surface area contributed by atoms with Gasteiger partial charge in [-0.05, 0) is 18.6 Å². The van der Waals surface area contributed by atoms with E-state index in [0.29, 0.717) is 27.9 Å². The summed E-state index contributed by atoms with van der Waals surface area (Å²) in [6, 6.07) is 9.80. The van der Waals surface area contributed by atoms with E-state index in [2.05, 4.69) is 0 Å². The second-order valence-corrected chi connectivity index (χ2v) is 4.99. The van der Waals surface area contributed by atoms with E-state index in [1.54, 1.807) is 43.3 Å². The Balaban J connectivity index is 2.38. The lowest BCUT2D eigenvalue weighted by atomic mass is 9.80. The van der Waals surface area contributed by atoms with Gasteiger partial charge in [0.25, 0.3) is 0 Å². The summed E-state index contributed by atoms with van der Waals surface area (Å²) < 4.78 is 0. The maximum Gasteiger partial charge on any atom is 0.196 e. The molecule has 0 saturated carbocycles. The van der Waals surface area contributed by atoms with Crippen LogP contribution in [0.4, 0.5) is 5.69 Å². The highest BCUT2D eigenvalue weighted by Crippen LogP contribution is 2.34. The molecule has 0 amide bonds. The predicted octanol–water partition coefficient (Wildman–Crippen LogP) is 2.06. The predicted molar refractivity (Wildman–Crippen MR) is 76.8 cm³/mol. The van der Waals surface area contributed by atoms with Gasteiger partial charge in [-0.25, -0.2) is 0 Å². The topological polar surface area (TPSA) is 86.2 Å². The molecule has 0 fully saturated rings. The van der Waals surface area contributed by atoms with Gasteiger partial charge in [0.15, 0.2) is 11.6 Å². The van der Waals surface area contributed by atoms with E-state index in [-0.39, 0.29) is 23.2 Å². The molecule has 0 aliphatic heterocycles. The molecule has 1 aliphatic carbocycles. The molecule has 1 atom stereocenters. The second kappa shape index (κ2) is 4.28. The molecule has 1 unspecified atom stereocenters. The Hall–Kier alpha value is -2.46. The Labute approximate surface area is 116 Å². The molecular weight excluding hydrogens is 252 g/mol. The highest BCUT2D eigenvalue weighted by Gasteiger charge is 2.33. The van der Waals surface area contributed by atoms with Gasteiger partial charge in [0.05, 0.1) is 5.56 Å². The molecule has 0 spiro atoms. The zero-order valence-corrected chi connectivity index (χ0v) is 11.0. The summed E-state index contributed by atoms with van der Waals surface area (Å²) in [5, 5.41) is 0. The molecule has 1 aliphatic rings. The van der Waals surface area contributed by atoms with Crippen molar-refractivity contribution < 1.29 is 9.59 Å². The number of benzene rings is 2. The second-order valence-electron chi connectivity index (χ2n) is 4.99. The molecule has 2 aromatic carbocycles. The maximum absolute atomic E-state index is 12.7. The van der Waals surface area contributed by atoms with Crippen LogP contribution in [0, 0.1) is 0 Å². The number of nitrogens with two attached hydrogens (primary N) is 2. The lowest BCUT2D eigenvalue weighted by Gasteiger charge is -2.22. The zero-order valence-electron chi connectivity index (χ0n) is 11.0. The molecule has 20 heavy (non-hydrogen) atoms. The highest BCUT2D eigenvalue weighted by atomic mass is 16.1. The molecule has 4 nitrogen and oxygen atoms in total. The van der Waals surface area contributed by atoms with Crippen molar-refractivity contribution in [3.8, 4) is 0 Å². The first-order valence-electron chi connectivity index (χ1n) is 6.38. The third kappa shape index (κ3) is 1.58. The first-order chi connectivity index (χ1) is 9.52. The largest absolute Gasteiger partial charge is 0.398 e.